The van der Waals surface area contributed by atoms with Gasteiger partial charge < -0.3 is 9.53 Å². The summed E-state index contributed by atoms with van der Waals surface area (Å²) < 4.78 is 39.0. The zero-order chi connectivity index (χ0) is 11.3. The van der Waals surface area contributed by atoms with Crippen molar-refractivity contribution in [3.63, 3.8) is 0 Å². The highest BCUT2D eigenvalue weighted by Gasteiger charge is 2.30. The highest BCUT2D eigenvalue weighted by molar-refractivity contribution is 5.50. The van der Waals surface area contributed by atoms with Gasteiger partial charge in [-0.05, 0) is 24.1 Å². The zero-order valence-electron chi connectivity index (χ0n) is 7.75. The number of halogens is 3. The second-order valence-electron chi connectivity index (χ2n) is 2.90. The van der Waals surface area contributed by atoms with E-state index in [0.29, 0.717) is 12.8 Å². The number of hydrogen-bond acceptors (Lipinski definition) is 2. The molecule has 1 rings (SSSR count). The Morgan fingerprint density at radius 2 is 1.80 bits per heavy atom. The molecular formula is C10H9F3O2. The van der Waals surface area contributed by atoms with Gasteiger partial charge in [-0.3, -0.25) is 0 Å². The van der Waals surface area contributed by atoms with Crippen molar-refractivity contribution in [1.29, 1.82) is 0 Å². The maximum atomic E-state index is 11.8. The molecule has 1 aromatic carbocycles. The Balaban J connectivity index is 2.60. The summed E-state index contributed by atoms with van der Waals surface area (Å²) in [5.74, 6) is -0.252. The molecular weight excluding hydrogens is 209 g/mol. The topological polar surface area (TPSA) is 26.3 Å². The molecule has 0 aliphatic rings. The Hall–Kier alpha value is -1.52. The fourth-order valence-corrected chi connectivity index (χ4v) is 1.08. The van der Waals surface area contributed by atoms with Gasteiger partial charge in [-0.1, -0.05) is 12.1 Å². The molecule has 0 unspecified atom stereocenters. The average Bonchev–Trinajstić information content (AvgIpc) is 2.14. The standard InChI is InChI=1S/C10H9F3O2/c11-10(12,13)15-9-5-3-8(4-6-9)2-1-7-14/h3-7H,1-2H2. The lowest BCUT2D eigenvalue weighted by Gasteiger charge is -2.08. The Morgan fingerprint density at radius 3 is 2.27 bits per heavy atom. The molecule has 0 saturated heterocycles. The second kappa shape index (κ2) is 4.82. The van der Waals surface area contributed by atoms with E-state index in [4.69, 9.17) is 0 Å². The van der Waals surface area contributed by atoms with Crippen LogP contribution in [0.5, 0.6) is 5.75 Å². The van der Waals surface area contributed by atoms with E-state index in [0.717, 1.165) is 11.8 Å². The first kappa shape index (κ1) is 11.6. The van der Waals surface area contributed by atoms with Gasteiger partial charge >= 0.3 is 6.36 Å². The van der Waals surface area contributed by atoms with Crippen LogP contribution in [0.1, 0.15) is 12.0 Å². The highest BCUT2D eigenvalue weighted by Crippen LogP contribution is 2.22. The highest BCUT2D eigenvalue weighted by atomic mass is 19.4. The van der Waals surface area contributed by atoms with E-state index in [-0.39, 0.29) is 5.75 Å². The first-order valence-corrected chi connectivity index (χ1v) is 4.29. The number of ether oxygens (including phenoxy) is 1. The molecule has 1 aromatic rings. The third-order valence-corrected chi connectivity index (χ3v) is 1.71. The lowest BCUT2D eigenvalue weighted by Crippen LogP contribution is -2.17. The lowest BCUT2D eigenvalue weighted by atomic mass is 10.1. The summed E-state index contributed by atoms with van der Waals surface area (Å²) in [5, 5.41) is 0. The third kappa shape index (κ3) is 4.49. The number of carbonyl (C=O) groups excluding carboxylic acids is 1. The molecule has 0 atom stereocenters. The number of hydrogen-bond donors (Lipinski definition) is 0. The normalized spacial score (nSPS) is 11.1. The molecule has 15 heavy (non-hydrogen) atoms. The van der Waals surface area contributed by atoms with Crippen LogP contribution in [0.2, 0.25) is 0 Å². The first-order valence-electron chi connectivity index (χ1n) is 4.29. The molecule has 0 N–H and O–H groups in total. The molecule has 0 heterocycles. The van der Waals surface area contributed by atoms with E-state index in [1.165, 1.54) is 24.3 Å². The van der Waals surface area contributed by atoms with Crippen LogP contribution in [0, 0.1) is 0 Å². The van der Waals surface area contributed by atoms with Crippen LogP contribution >= 0.6 is 0 Å². The fraction of sp³-hybridized carbons (Fsp3) is 0.300. The molecule has 0 fully saturated rings. The number of benzene rings is 1. The van der Waals surface area contributed by atoms with E-state index in [9.17, 15) is 18.0 Å². The minimum absolute atomic E-state index is 0.252. The van der Waals surface area contributed by atoms with Crippen molar-refractivity contribution in [2.24, 2.45) is 0 Å². The Morgan fingerprint density at radius 1 is 1.20 bits per heavy atom. The van der Waals surface area contributed by atoms with Gasteiger partial charge in [-0.15, -0.1) is 13.2 Å². The van der Waals surface area contributed by atoms with E-state index in [1.807, 2.05) is 0 Å². The number of aryl methyl sites for hydroxylation is 1. The van der Waals surface area contributed by atoms with Crippen LogP contribution in [-0.4, -0.2) is 12.6 Å². The summed E-state index contributed by atoms with van der Waals surface area (Å²) in [6.45, 7) is 0. The summed E-state index contributed by atoms with van der Waals surface area (Å²) in [5.41, 5.74) is 0.802. The van der Waals surface area contributed by atoms with Crippen LogP contribution < -0.4 is 4.74 Å². The molecule has 0 aromatic heterocycles. The molecule has 0 amide bonds. The van der Waals surface area contributed by atoms with E-state index >= 15 is 0 Å². The van der Waals surface area contributed by atoms with Gasteiger partial charge in [0.15, 0.2) is 0 Å². The van der Waals surface area contributed by atoms with Gasteiger partial charge in [0.2, 0.25) is 0 Å². The van der Waals surface area contributed by atoms with Crippen LogP contribution in [-0.2, 0) is 11.2 Å². The van der Waals surface area contributed by atoms with Gasteiger partial charge in [0, 0.05) is 6.42 Å². The van der Waals surface area contributed by atoms with Gasteiger partial charge in [0.1, 0.15) is 12.0 Å². The number of rotatable bonds is 4. The van der Waals surface area contributed by atoms with Crippen molar-refractivity contribution in [3.8, 4) is 5.75 Å². The van der Waals surface area contributed by atoms with E-state index in [1.54, 1.807) is 0 Å². The molecule has 82 valence electrons. The average molecular weight is 218 g/mol. The molecule has 2 nitrogen and oxygen atoms in total. The van der Waals surface area contributed by atoms with Crippen LogP contribution in [0.3, 0.4) is 0 Å². The molecule has 0 spiro atoms. The molecule has 5 heteroatoms. The summed E-state index contributed by atoms with van der Waals surface area (Å²) in [7, 11) is 0. The first-order chi connectivity index (χ1) is 7.01. The molecule has 0 saturated carbocycles. The maximum Gasteiger partial charge on any atom is 0.573 e. The predicted octanol–water partition coefficient (Wildman–Crippen LogP) is 2.72. The molecule has 0 aliphatic carbocycles. The lowest BCUT2D eigenvalue weighted by molar-refractivity contribution is -0.274. The van der Waals surface area contributed by atoms with Crippen molar-refractivity contribution in [1.82, 2.24) is 0 Å². The summed E-state index contributed by atoms with van der Waals surface area (Å²) in [6, 6.07) is 5.47. The van der Waals surface area contributed by atoms with Crippen molar-refractivity contribution >= 4 is 6.29 Å². The molecule has 0 radical (unpaired) electrons. The summed E-state index contributed by atoms with van der Waals surface area (Å²) >= 11 is 0. The summed E-state index contributed by atoms with van der Waals surface area (Å²) in [6.07, 6.45) is -3.01. The van der Waals surface area contributed by atoms with Crippen LogP contribution in [0.4, 0.5) is 13.2 Å². The van der Waals surface area contributed by atoms with Crippen molar-refractivity contribution in [3.05, 3.63) is 29.8 Å². The second-order valence-corrected chi connectivity index (χ2v) is 2.90. The molecule has 0 bridgehead atoms. The quantitative estimate of drug-likeness (QED) is 0.726. The molecule has 0 aliphatic heterocycles. The summed E-state index contributed by atoms with van der Waals surface area (Å²) in [4.78, 5) is 10.1. The fourth-order valence-electron chi connectivity index (χ4n) is 1.08. The Bertz CT molecular complexity index is 316. The minimum atomic E-state index is -4.66. The van der Waals surface area contributed by atoms with Gasteiger partial charge in [0.05, 0.1) is 0 Å². The smallest absolute Gasteiger partial charge is 0.406 e. The maximum absolute atomic E-state index is 11.8. The van der Waals surface area contributed by atoms with E-state index < -0.39 is 6.36 Å². The van der Waals surface area contributed by atoms with Crippen LogP contribution in [0.25, 0.3) is 0 Å². The minimum Gasteiger partial charge on any atom is -0.406 e. The SMILES string of the molecule is O=CCCc1ccc(OC(F)(F)F)cc1. The van der Waals surface area contributed by atoms with Crippen LogP contribution in [0.15, 0.2) is 24.3 Å². The largest absolute Gasteiger partial charge is 0.573 e. The van der Waals surface area contributed by atoms with Crippen molar-refractivity contribution in [2.45, 2.75) is 19.2 Å². The zero-order valence-corrected chi connectivity index (χ0v) is 7.75. The van der Waals surface area contributed by atoms with Gasteiger partial charge in [0.25, 0.3) is 0 Å². The number of aldehydes is 1. The van der Waals surface area contributed by atoms with Crippen molar-refractivity contribution in [2.75, 3.05) is 0 Å². The number of carbonyl (C=O) groups is 1. The third-order valence-electron chi connectivity index (χ3n) is 1.71. The van der Waals surface area contributed by atoms with Gasteiger partial charge in [-0.25, -0.2) is 0 Å². The van der Waals surface area contributed by atoms with Gasteiger partial charge in [-0.2, -0.15) is 0 Å². The van der Waals surface area contributed by atoms with Crippen molar-refractivity contribution < 1.29 is 22.7 Å². The monoisotopic (exact) mass is 218 g/mol. The number of alkyl halides is 3. The Labute approximate surface area is 84.7 Å². The van der Waals surface area contributed by atoms with E-state index in [2.05, 4.69) is 4.74 Å². The Kier molecular flexibility index (Phi) is 3.71. The predicted molar refractivity (Wildman–Crippen MR) is 47.5 cm³/mol.